The van der Waals surface area contributed by atoms with Crippen molar-refractivity contribution in [3.63, 3.8) is 0 Å². The average molecular weight is 759 g/mol. The van der Waals surface area contributed by atoms with Crippen molar-refractivity contribution in [2.75, 3.05) is 10.8 Å². The monoisotopic (exact) mass is 757 g/mol. The first-order valence-corrected chi connectivity index (χ1v) is 19.1. The number of benzene rings is 5. The molecule has 5 aromatic rings. The molecule has 8 nitrogen and oxygen atoms in total. The van der Waals surface area contributed by atoms with Crippen molar-refractivity contribution in [3.8, 4) is 11.5 Å². The SMILES string of the molecule is CC[C@@H](C)NC(=O)[C@@H](Cc1ccccc1)N(Cc1ccc(Cl)cc1Cl)C(=O)CN(c1ccc(Oc2ccccc2)cc1)S(=O)(=O)c1ccc(C)cc1. The summed E-state index contributed by atoms with van der Waals surface area (Å²) in [6.07, 6.45) is 0.851. The molecule has 1 N–H and O–H groups in total. The van der Waals surface area contributed by atoms with Crippen molar-refractivity contribution in [2.24, 2.45) is 0 Å². The number of rotatable bonds is 15. The van der Waals surface area contributed by atoms with Crippen LogP contribution in [0.15, 0.2) is 132 Å². The number of aryl methyl sites for hydroxylation is 1. The third-order valence-electron chi connectivity index (χ3n) is 8.62. The number of carbonyl (C=O) groups excluding carboxylic acids is 2. The normalized spacial score (nSPS) is 12.4. The molecule has 5 rings (SSSR count). The molecule has 0 saturated heterocycles. The second kappa shape index (κ2) is 17.6. The molecule has 0 radical (unpaired) electrons. The van der Waals surface area contributed by atoms with E-state index in [0.29, 0.717) is 33.5 Å². The molecule has 2 atom stereocenters. The molecule has 5 aromatic carbocycles. The molecule has 0 saturated carbocycles. The van der Waals surface area contributed by atoms with Gasteiger partial charge in [0.2, 0.25) is 11.8 Å². The lowest BCUT2D eigenvalue weighted by atomic mass is 10.0. The first-order chi connectivity index (χ1) is 24.9. The molecule has 0 unspecified atom stereocenters. The van der Waals surface area contributed by atoms with E-state index >= 15 is 0 Å². The van der Waals surface area contributed by atoms with E-state index in [-0.39, 0.29) is 35.5 Å². The van der Waals surface area contributed by atoms with Crippen LogP contribution in [-0.4, -0.2) is 43.8 Å². The van der Waals surface area contributed by atoms with Crippen molar-refractivity contribution in [1.82, 2.24) is 10.2 Å². The summed E-state index contributed by atoms with van der Waals surface area (Å²) < 4.78 is 35.8. The van der Waals surface area contributed by atoms with E-state index in [9.17, 15) is 18.0 Å². The summed E-state index contributed by atoms with van der Waals surface area (Å²) in [6, 6.07) is 35.2. The Morgan fingerprint density at radius 1 is 0.808 bits per heavy atom. The lowest BCUT2D eigenvalue weighted by molar-refractivity contribution is -0.140. The minimum Gasteiger partial charge on any atom is -0.457 e. The van der Waals surface area contributed by atoms with E-state index in [1.807, 2.05) is 81.4 Å². The summed E-state index contributed by atoms with van der Waals surface area (Å²) in [5.41, 5.74) is 2.49. The number of nitrogens with zero attached hydrogens (tertiary/aromatic N) is 2. The second-order valence-corrected chi connectivity index (χ2v) is 15.2. The van der Waals surface area contributed by atoms with Crippen LogP contribution in [0.25, 0.3) is 0 Å². The molecule has 52 heavy (non-hydrogen) atoms. The third kappa shape index (κ3) is 9.94. The van der Waals surface area contributed by atoms with Gasteiger partial charge in [-0.2, -0.15) is 0 Å². The number of ether oxygens (including phenoxy) is 1. The number of hydrogen-bond acceptors (Lipinski definition) is 5. The van der Waals surface area contributed by atoms with E-state index < -0.39 is 28.5 Å². The van der Waals surface area contributed by atoms with E-state index in [4.69, 9.17) is 27.9 Å². The number of amides is 2. The molecule has 0 heterocycles. The number of carbonyl (C=O) groups is 2. The minimum absolute atomic E-state index is 0.0122. The van der Waals surface area contributed by atoms with E-state index in [0.717, 1.165) is 15.4 Å². The van der Waals surface area contributed by atoms with Crippen LogP contribution in [0.5, 0.6) is 11.5 Å². The maximum atomic E-state index is 14.8. The summed E-state index contributed by atoms with van der Waals surface area (Å²) >= 11 is 12.8. The van der Waals surface area contributed by atoms with Gasteiger partial charge < -0.3 is 15.0 Å². The van der Waals surface area contributed by atoms with Crippen LogP contribution in [0.3, 0.4) is 0 Å². The van der Waals surface area contributed by atoms with Gasteiger partial charge in [-0.05, 0) is 92.1 Å². The molecule has 0 aliphatic rings. The lowest BCUT2D eigenvalue weighted by Gasteiger charge is -2.34. The fourth-order valence-corrected chi connectivity index (χ4v) is 7.38. The third-order valence-corrected chi connectivity index (χ3v) is 11.0. The Hall–Kier alpha value is -4.83. The summed E-state index contributed by atoms with van der Waals surface area (Å²) in [5.74, 6) is 0.127. The van der Waals surface area contributed by atoms with Crippen LogP contribution in [-0.2, 0) is 32.6 Å². The fourth-order valence-electron chi connectivity index (χ4n) is 5.50. The Bertz CT molecular complexity index is 2060. The molecular weight excluding hydrogens is 717 g/mol. The van der Waals surface area contributed by atoms with E-state index in [1.165, 1.54) is 17.0 Å². The summed E-state index contributed by atoms with van der Waals surface area (Å²) in [7, 11) is -4.28. The maximum absolute atomic E-state index is 14.8. The van der Waals surface area contributed by atoms with Gasteiger partial charge in [-0.25, -0.2) is 8.42 Å². The molecule has 11 heteroatoms. The van der Waals surface area contributed by atoms with Gasteiger partial charge in [0.05, 0.1) is 10.6 Å². The van der Waals surface area contributed by atoms with Crippen molar-refractivity contribution < 1.29 is 22.7 Å². The number of hydrogen-bond donors (Lipinski definition) is 1. The first kappa shape index (κ1) is 38.4. The van der Waals surface area contributed by atoms with Crippen LogP contribution in [0.4, 0.5) is 5.69 Å². The summed E-state index contributed by atoms with van der Waals surface area (Å²) in [6.45, 7) is 5.02. The zero-order chi connectivity index (χ0) is 37.3. The Morgan fingerprint density at radius 2 is 1.42 bits per heavy atom. The molecule has 0 aliphatic carbocycles. The number of para-hydroxylation sites is 1. The Kier molecular flexibility index (Phi) is 13.0. The van der Waals surface area contributed by atoms with Gasteiger partial charge >= 0.3 is 0 Å². The maximum Gasteiger partial charge on any atom is 0.264 e. The van der Waals surface area contributed by atoms with Gasteiger partial charge in [-0.1, -0.05) is 102 Å². The van der Waals surface area contributed by atoms with Crippen LogP contribution in [0.2, 0.25) is 10.0 Å². The Morgan fingerprint density at radius 3 is 2.04 bits per heavy atom. The smallest absolute Gasteiger partial charge is 0.264 e. The van der Waals surface area contributed by atoms with Gasteiger partial charge in [0, 0.05) is 29.1 Å². The van der Waals surface area contributed by atoms with Crippen molar-refractivity contribution in [1.29, 1.82) is 0 Å². The molecule has 0 fully saturated rings. The highest BCUT2D eigenvalue weighted by molar-refractivity contribution is 7.92. The first-order valence-electron chi connectivity index (χ1n) is 16.9. The van der Waals surface area contributed by atoms with E-state index in [1.54, 1.807) is 54.6 Å². The van der Waals surface area contributed by atoms with Gasteiger partial charge in [0.15, 0.2) is 0 Å². The molecule has 270 valence electrons. The highest BCUT2D eigenvalue weighted by Crippen LogP contribution is 2.30. The number of nitrogens with one attached hydrogen (secondary N) is 1. The van der Waals surface area contributed by atoms with E-state index in [2.05, 4.69) is 5.32 Å². The molecule has 0 aromatic heterocycles. The summed E-state index contributed by atoms with van der Waals surface area (Å²) in [4.78, 5) is 30.3. The molecule has 2 amide bonds. The van der Waals surface area contributed by atoms with Gasteiger partial charge in [-0.3, -0.25) is 13.9 Å². The summed E-state index contributed by atoms with van der Waals surface area (Å²) in [5, 5.41) is 3.76. The Balaban J connectivity index is 1.58. The fraction of sp³-hybridized carbons (Fsp3) is 0.220. The molecule has 0 spiro atoms. The van der Waals surface area contributed by atoms with Crippen molar-refractivity contribution in [3.05, 3.63) is 154 Å². The zero-order valence-electron chi connectivity index (χ0n) is 29.2. The largest absolute Gasteiger partial charge is 0.457 e. The Labute approximate surface area is 316 Å². The van der Waals surface area contributed by atoms with Crippen LogP contribution in [0, 0.1) is 6.92 Å². The number of anilines is 1. The molecule has 0 bridgehead atoms. The average Bonchev–Trinajstić information content (AvgIpc) is 3.14. The van der Waals surface area contributed by atoms with Crippen LogP contribution < -0.4 is 14.4 Å². The predicted molar refractivity (Wildman–Crippen MR) is 208 cm³/mol. The molecular formula is C41H41Cl2N3O5S. The minimum atomic E-state index is -4.28. The molecule has 0 aliphatic heterocycles. The van der Waals surface area contributed by atoms with Gasteiger partial charge in [0.1, 0.15) is 24.1 Å². The lowest BCUT2D eigenvalue weighted by Crippen LogP contribution is -2.54. The topological polar surface area (TPSA) is 96.0 Å². The van der Waals surface area contributed by atoms with Crippen molar-refractivity contribution in [2.45, 2.75) is 57.1 Å². The van der Waals surface area contributed by atoms with Gasteiger partial charge in [0.25, 0.3) is 10.0 Å². The quantitative estimate of drug-likeness (QED) is 0.115. The highest BCUT2D eigenvalue weighted by atomic mass is 35.5. The highest BCUT2D eigenvalue weighted by Gasteiger charge is 2.35. The second-order valence-electron chi connectivity index (χ2n) is 12.5. The van der Waals surface area contributed by atoms with Crippen LogP contribution >= 0.6 is 23.2 Å². The number of halogens is 2. The zero-order valence-corrected chi connectivity index (χ0v) is 31.5. The predicted octanol–water partition coefficient (Wildman–Crippen LogP) is 8.84. The van der Waals surface area contributed by atoms with Gasteiger partial charge in [-0.15, -0.1) is 0 Å². The van der Waals surface area contributed by atoms with Crippen LogP contribution in [0.1, 0.15) is 37.0 Å². The standard InChI is InChI=1S/C41H41Cl2N3O5S/c1-4-30(3)44-41(48)39(25-31-11-7-5-8-12-31)45(27-32-17-18-33(42)26-38(32)43)40(47)28-46(52(49,50)37-23-15-29(2)16-24-37)34-19-21-36(22-20-34)51-35-13-9-6-10-14-35/h5-24,26,30,39H,4,25,27-28H2,1-3H3,(H,44,48)/t30-,39-/m1/s1. The number of sulfonamides is 1. The van der Waals surface area contributed by atoms with Crippen molar-refractivity contribution >= 4 is 50.7 Å².